The summed E-state index contributed by atoms with van der Waals surface area (Å²) in [7, 11) is 0. The van der Waals surface area contributed by atoms with Crippen LogP contribution in [0.25, 0.3) is 0 Å². The van der Waals surface area contributed by atoms with Crippen molar-refractivity contribution < 1.29 is 23.8 Å². The van der Waals surface area contributed by atoms with Crippen LogP contribution in [0.2, 0.25) is 0 Å². The van der Waals surface area contributed by atoms with Crippen LogP contribution in [0.15, 0.2) is 24.3 Å². The number of nitrogens with one attached hydrogen (secondary N) is 1. The molecule has 0 bridgehead atoms. The minimum atomic E-state index is -1.20. The van der Waals surface area contributed by atoms with E-state index < -0.39 is 17.9 Å². The highest BCUT2D eigenvalue weighted by Gasteiger charge is 2.24. The second kappa shape index (κ2) is 8.50. The summed E-state index contributed by atoms with van der Waals surface area (Å²) in [6, 6.07) is 5.10. The van der Waals surface area contributed by atoms with Gasteiger partial charge in [-0.15, -0.1) is 0 Å². The topological polar surface area (TPSA) is 75.6 Å². The zero-order chi connectivity index (χ0) is 16.7. The van der Waals surface area contributed by atoms with Crippen molar-refractivity contribution in [3.63, 3.8) is 0 Å². The van der Waals surface area contributed by atoms with Crippen LogP contribution in [0.3, 0.4) is 0 Å². The first kappa shape index (κ1) is 17.2. The van der Waals surface area contributed by atoms with Gasteiger partial charge in [0.1, 0.15) is 11.6 Å². The van der Waals surface area contributed by atoms with Gasteiger partial charge < -0.3 is 15.2 Å². The Hall–Kier alpha value is -2.11. The molecule has 0 radical (unpaired) electrons. The Morgan fingerprint density at radius 2 is 1.78 bits per heavy atom. The molecule has 1 amide bonds. The number of hydrogen-bond donors (Lipinski definition) is 2. The standard InChI is InChI=1S/C17H22FNO4/c18-13-7-9-14(10-8-13)23-15(17(21)22)11-19-16(20)12-5-3-1-2-4-6-12/h7-10,12,15H,1-6,11H2,(H,19,20)(H,21,22). The first-order valence-corrected chi connectivity index (χ1v) is 7.99. The van der Waals surface area contributed by atoms with Gasteiger partial charge in [0.2, 0.25) is 12.0 Å². The summed E-state index contributed by atoms with van der Waals surface area (Å²) in [4.78, 5) is 23.4. The van der Waals surface area contributed by atoms with Gasteiger partial charge >= 0.3 is 5.97 Å². The summed E-state index contributed by atoms with van der Waals surface area (Å²) in [6.07, 6.45) is 4.86. The molecule has 0 aromatic heterocycles. The van der Waals surface area contributed by atoms with Crippen LogP contribution in [0.1, 0.15) is 38.5 Å². The summed E-state index contributed by atoms with van der Waals surface area (Å²) >= 11 is 0. The predicted molar refractivity (Wildman–Crippen MR) is 82.7 cm³/mol. The van der Waals surface area contributed by atoms with E-state index in [1.807, 2.05) is 0 Å². The predicted octanol–water partition coefficient (Wildman–Crippen LogP) is 2.74. The molecule has 1 aromatic rings. The molecule has 1 aliphatic carbocycles. The van der Waals surface area contributed by atoms with Crippen LogP contribution >= 0.6 is 0 Å². The zero-order valence-electron chi connectivity index (χ0n) is 13.0. The largest absolute Gasteiger partial charge is 0.478 e. The molecule has 2 N–H and O–H groups in total. The fraction of sp³-hybridized carbons (Fsp3) is 0.529. The molecule has 0 saturated heterocycles. The Morgan fingerprint density at radius 3 is 2.35 bits per heavy atom. The van der Waals surface area contributed by atoms with E-state index in [4.69, 9.17) is 4.74 Å². The van der Waals surface area contributed by atoms with Crippen LogP contribution in [0.4, 0.5) is 4.39 Å². The van der Waals surface area contributed by atoms with Crippen molar-refractivity contribution >= 4 is 11.9 Å². The van der Waals surface area contributed by atoms with Crippen molar-refractivity contribution in [2.45, 2.75) is 44.6 Å². The summed E-state index contributed by atoms with van der Waals surface area (Å²) < 4.78 is 18.2. The fourth-order valence-corrected chi connectivity index (χ4v) is 2.74. The monoisotopic (exact) mass is 323 g/mol. The lowest BCUT2D eigenvalue weighted by atomic mass is 9.99. The van der Waals surface area contributed by atoms with Gasteiger partial charge in [-0.1, -0.05) is 25.7 Å². The lowest BCUT2D eigenvalue weighted by Gasteiger charge is -2.18. The van der Waals surface area contributed by atoms with Gasteiger partial charge in [-0.05, 0) is 37.1 Å². The Labute approximate surface area is 134 Å². The maximum atomic E-state index is 12.8. The van der Waals surface area contributed by atoms with E-state index in [0.717, 1.165) is 38.5 Å². The number of benzene rings is 1. The third kappa shape index (κ3) is 5.54. The van der Waals surface area contributed by atoms with E-state index in [0.29, 0.717) is 0 Å². The summed E-state index contributed by atoms with van der Waals surface area (Å²) in [5.41, 5.74) is 0. The minimum absolute atomic E-state index is 0.0437. The third-order valence-corrected chi connectivity index (χ3v) is 4.06. The summed E-state index contributed by atoms with van der Waals surface area (Å²) in [5, 5.41) is 11.9. The third-order valence-electron chi connectivity index (χ3n) is 4.06. The molecule has 1 atom stereocenters. The average Bonchev–Trinajstić information content (AvgIpc) is 2.82. The van der Waals surface area contributed by atoms with Crippen LogP contribution in [-0.2, 0) is 9.59 Å². The van der Waals surface area contributed by atoms with Crippen LogP contribution in [0, 0.1) is 11.7 Å². The molecule has 1 saturated carbocycles. The van der Waals surface area contributed by atoms with Crippen molar-refractivity contribution in [2.75, 3.05) is 6.54 Å². The number of amides is 1. The van der Waals surface area contributed by atoms with E-state index in [1.165, 1.54) is 24.3 Å². The highest BCUT2D eigenvalue weighted by Crippen LogP contribution is 2.22. The molecule has 0 heterocycles. The van der Waals surface area contributed by atoms with Gasteiger partial charge in [0, 0.05) is 5.92 Å². The maximum absolute atomic E-state index is 12.8. The van der Waals surface area contributed by atoms with Gasteiger partial charge in [-0.2, -0.15) is 0 Å². The maximum Gasteiger partial charge on any atom is 0.346 e. The first-order valence-electron chi connectivity index (χ1n) is 7.99. The Kier molecular flexibility index (Phi) is 6.38. The van der Waals surface area contributed by atoms with E-state index in [2.05, 4.69) is 5.32 Å². The lowest BCUT2D eigenvalue weighted by molar-refractivity contribution is -0.145. The number of aliphatic carboxylic acids is 1. The molecule has 1 aromatic carbocycles. The summed E-state index contributed by atoms with van der Waals surface area (Å²) in [5.74, 6) is -1.50. The number of ether oxygens (including phenoxy) is 1. The van der Waals surface area contributed by atoms with Crippen LogP contribution in [-0.4, -0.2) is 29.6 Å². The molecule has 6 heteroatoms. The van der Waals surface area contributed by atoms with E-state index in [-0.39, 0.29) is 24.1 Å². The molecule has 1 unspecified atom stereocenters. The second-order valence-corrected chi connectivity index (χ2v) is 5.83. The van der Waals surface area contributed by atoms with Gasteiger partial charge in [0.05, 0.1) is 6.54 Å². The van der Waals surface area contributed by atoms with Crippen LogP contribution in [0.5, 0.6) is 5.75 Å². The zero-order valence-corrected chi connectivity index (χ0v) is 13.0. The molecule has 1 fully saturated rings. The molecule has 23 heavy (non-hydrogen) atoms. The Bertz CT molecular complexity index is 524. The number of carboxylic acid groups (broad SMARTS) is 1. The van der Waals surface area contributed by atoms with Crippen molar-refractivity contribution in [2.24, 2.45) is 5.92 Å². The normalized spacial score (nSPS) is 17.1. The van der Waals surface area contributed by atoms with Crippen molar-refractivity contribution in [1.82, 2.24) is 5.32 Å². The van der Waals surface area contributed by atoms with Crippen LogP contribution < -0.4 is 10.1 Å². The number of carbonyl (C=O) groups is 2. The fourth-order valence-electron chi connectivity index (χ4n) is 2.74. The van der Waals surface area contributed by atoms with Crippen molar-refractivity contribution in [1.29, 1.82) is 0 Å². The molecule has 0 spiro atoms. The second-order valence-electron chi connectivity index (χ2n) is 5.83. The van der Waals surface area contributed by atoms with Gasteiger partial charge in [0.25, 0.3) is 0 Å². The number of rotatable bonds is 6. The molecule has 0 aliphatic heterocycles. The van der Waals surface area contributed by atoms with Crippen molar-refractivity contribution in [3.8, 4) is 5.75 Å². The Morgan fingerprint density at radius 1 is 1.17 bits per heavy atom. The number of carbonyl (C=O) groups excluding carboxylic acids is 1. The highest BCUT2D eigenvalue weighted by atomic mass is 19.1. The molecule has 1 aliphatic rings. The first-order chi connectivity index (χ1) is 11.1. The van der Waals surface area contributed by atoms with Crippen molar-refractivity contribution in [3.05, 3.63) is 30.1 Å². The molecule has 5 nitrogen and oxygen atoms in total. The number of halogens is 1. The molecule has 2 rings (SSSR count). The SMILES string of the molecule is O=C(NCC(Oc1ccc(F)cc1)C(=O)O)C1CCCCCC1. The van der Waals surface area contributed by atoms with E-state index in [1.54, 1.807) is 0 Å². The van der Waals surface area contributed by atoms with Gasteiger partial charge in [-0.3, -0.25) is 4.79 Å². The minimum Gasteiger partial charge on any atom is -0.478 e. The number of carboxylic acids is 1. The lowest BCUT2D eigenvalue weighted by Crippen LogP contribution is -2.42. The smallest absolute Gasteiger partial charge is 0.346 e. The Balaban J connectivity index is 1.87. The number of hydrogen-bond acceptors (Lipinski definition) is 3. The van der Waals surface area contributed by atoms with E-state index in [9.17, 15) is 19.1 Å². The van der Waals surface area contributed by atoms with Gasteiger partial charge in [-0.25, -0.2) is 9.18 Å². The van der Waals surface area contributed by atoms with Gasteiger partial charge in [0.15, 0.2) is 0 Å². The van der Waals surface area contributed by atoms with E-state index >= 15 is 0 Å². The molecule has 126 valence electrons. The summed E-state index contributed by atoms with van der Waals surface area (Å²) in [6.45, 7) is -0.109. The highest BCUT2D eigenvalue weighted by molar-refractivity contribution is 5.80. The molecular weight excluding hydrogens is 301 g/mol. The average molecular weight is 323 g/mol. The molecular formula is C17H22FNO4. The quantitative estimate of drug-likeness (QED) is 0.789.